The molecule has 1 aromatic rings. The number of nitrogens with two attached hydrogens (primary N) is 1. The Labute approximate surface area is 111 Å². The molecule has 0 spiro atoms. The first kappa shape index (κ1) is 15.8. The topological polar surface area (TPSA) is 35.2 Å². The Morgan fingerprint density at radius 3 is 2.26 bits per heavy atom. The molecule has 0 aliphatic rings. The van der Waals surface area contributed by atoms with Crippen LogP contribution in [0.1, 0.15) is 50.6 Å². The third kappa shape index (κ3) is 6.47. The van der Waals surface area contributed by atoms with E-state index in [9.17, 15) is 13.2 Å². The molecule has 0 bridgehead atoms. The highest BCUT2D eigenvalue weighted by Gasteiger charge is 2.30. The van der Waals surface area contributed by atoms with Crippen molar-refractivity contribution < 1.29 is 17.9 Å². The lowest BCUT2D eigenvalue weighted by Crippen LogP contribution is -2.17. The van der Waals surface area contributed by atoms with Gasteiger partial charge in [-0.25, -0.2) is 0 Å². The Morgan fingerprint density at radius 2 is 1.74 bits per heavy atom. The van der Waals surface area contributed by atoms with Gasteiger partial charge in [-0.3, -0.25) is 0 Å². The maximum Gasteiger partial charge on any atom is 0.573 e. The molecule has 0 fully saturated rings. The monoisotopic (exact) mass is 275 g/mol. The van der Waals surface area contributed by atoms with E-state index >= 15 is 0 Å². The highest BCUT2D eigenvalue weighted by molar-refractivity contribution is 5.29. The van der Waals surface area contributed by atoms with Crippen LogP contribution < -0.4 is 10.5 Å². The van der Waals surface area contributed by atoms with E-state index in [0.717, 1.165) is 24.8 Å². The number of ether oxygens (including phenoxy) is 1. The predicted octanol–water partition coefficient (Wildman–Crippen LogP) is 4.56. The van der Waals surface area contributed by atoms with Gasteiger partial charge in [0, 0.05) is 6.04 Å². The normalized spacial score (nSPS) is 13.3. The fourth-order valence-electron chi connectivity index (χ4n) is 1.87. The van der Waals surface area contributed by atoms with Crippen LogP contribution in [-0.2, 0) is 0 Å². The Balaban J connectivity index is 2.46. The van der Waals surface area contributed by atoms with Crippen molar-refractivity contribution in [3.05, 3.63) is 29.8 Å². The lowest BCUT2D eigenvalue weighted by Gasteiger charge is -2.13. The molecule has 0 aliphatic heterocycles. The molecule has 0 amide bonds. The van der Waals surface area contributed by atoms with Crippen LogP contribution in [0, 0.1) is 0 Å². The molecule has 0 aromatic heterocycles. The Bertz CT molecular complexity index is 362. The molecular formula is C14H20F3NO. The lowest BCUT2D eigenvalue weighted by atomic mass is 10.0. The van der Waals surface area contributed by atoms with Crippen molar-refractivity contribution in [3.63, 3.8) is 0 Å². The summed E-state index contributed by atoms with van der Waals surface area (Å²) < 4.78 is 39.8. The van der Waals surface area contributed by atoms with E-state index in [1.54, 1.807) is 12.1 Å². The van der Waals surface area contributed by atoms with Gasteiger partial charge in [0.15, 0.2) is 0 Å². The highest BCUT2D eigenvalue weighted by atomic mass is 19.4. The van der Waals surface area contributed by atoms with Gasteiger partial charge in [0.1, 0.15) is 5.75 Å². The molecular weight excluding hydrogens is 255 g/mol. The van der Waals surface area contributed by atoms with Gasteiger partial charge in [-0.2, -0.15) is 0 Å². The maximum absolute atomic E-state index is 12.0. The molecule has 0 aliphatic carbocycles. The largest absolute Gasteiger partial charge is 0.573 e. The van der Waals surface area contributed by atoms with E-state index in [2.05, 4.69) is 11.7 Å². The third-order valence-corrected chi connectivity index (χ3v) is 2.91. The molecule has 1 rings (SSSR count). The van der Waals surface area contributed by atoms with Crippen LogP contribution in [0.25, 0.3) is 0 Å². The van der Waals surface area contributed by atoms with Gasteiger partial charge in [-0.1, -0.05) is 44.7 Å². The van der Waals surface area contributed by atoms with E-state index in [1.807, 2.05) is 0 Å². The average Bonchev–Trinajstić information content (AvgIpc) is 2.33. The van der Waals surface area contributed by atoms with Gasteiger partial charge in [0.2, 0.25) is 0 Å². The molecule has 0 heterocycles. The zero-order valence-electron chi connectivity index (χ0n) is 11.0. The minimum absolute atomic E-state index is 0.128. The zero-order valence-corrected chi connectivity index (χ0v) is 11.0. The number of hydrogen-bond donors (Lipinski definition) is 1. The summed E-state index contributed by atoms with van der Waals surface area (Å²) in [4.78, 5) is 0. The molecule has 108 valence electrons. The van der Waals surface area contributed by atoms with Gasteiger partial charge in [-0.05, 0) is 24.1 Å². The van der Waals surface area contributed by atoms with Crippen LogP contribution in [-0.4, -0.2) is 6.36 Å². The molecule has 1 atom stereocenters. The summed E-state index contributed by atoms with van der Waals surface area (Å²) in [5.41, 5.74) is 6.83. The average molecular weight is 275 g/mol. The van der Waals surface area contributed by atoms with Crippen molar-refractivity contribution in [2.45, 2.75) is 51.4 Å². The van der Waals surface area contributed by atoms with Gasteiger partial charge in [0.05, 0.1) is 0 Å². The minimum Gasteiger partial charge on any atom is -0.406 e. The summed E-state index contributed by atoms with van der Waals surface area (Å²) in [5.74, 6) is -0.213. The molecule has 2 N–H and O–H groups in total. The van der Waals surface area contributed by atoms with Crippen molar-refractivity contribution in [3.8, 4) is 5.75 Å². The smallest absolute Gasteiger partial charge is 0.406 e. The summed E-state index contributed by atoms with van der Waals surface area (Å²) in [7, 11) is 0. The highest BCUT2D eigenvalue weighted by Crippen LogP contribution is 2.25. The number of alkyl halides is 3. The first-order valence-electron chi connectivity index (χ1n) is 6.53. The lowest BCUT2D eigenvalue weighted by molar-refractivity contribution is -0.274. The molecule has 2 nitrogen and oxygen atoms in total. The number of rotatable bonds is 7. The van der Waals surface area contributed by atoms with Crippen molar-refractivity contribution in [2.24, 2.45) is 5.73 Å². The van der Waals surface area contributed by atoms with Crippen LogP contribution >= 0.6 is 0 Å². The van der Waals surface area contributed by atoms with E-state index in [4.69, 9.17) is 5.73 Å². The standard InChI is InChI=1S/C14H20F3NO/c1-2-3-4-5-6-13(18)11-7-9-12(10-8-11)19-14(15,16)17/h7-10,13H,2-6,18H2,1H3. The van der Waals surface area contributed by atoms with Gasteiger partial charge in [-0.15, -0.1) is 13.2 Å². The number of hydrogen-bond acceptors (Lipinski definition) is 2. The fourth-order valence-corrected chi connectivity index (χ4v) is 1.87. The van der Waals surface area contributed by atoms with E-state index in [0.29, 0.717) is 0 Å². The van der Waals surface area contributed by atoms with Crippen molar-refractivity contribution >= 4 is 0 Å². The van der Waals surface area contributed by atoms with Gasteiger partial charge in [0.25, 0.3) is 0 Å². The first-order chi connectivity index (χ1) is 8.92. The van der Waals surface area contributed by atoms with Crippen molar-refractivity contribution in [1.29, 1.82) is 0 Å². The van der Waals surface area contributed by atoms with E-state index in [-0.39, 0.29) is 11.8 Å². The van der Waals surface area contributed by atoms with E-state index < -0.39 is 6.36 Å². The molecule has 1 aromatic carbocycles. The predicted molar refractivity (Wildman–Crippen MR) is 68.8 cm³/mol. The van der Waals surface area contributed by atoms with Gasteiger partial charge < -0.3 is 10.5 Å². The summed E-state index contributed by atoms with van der Waals surface area (Å²) in [5, 5.41) is 0. The van der Waals surface area contributed by atoms with Crippen LogP contribution in [0.15, 0.2) is 24.3 Å². The van der Waals surface area contributed by atoms with Gasteiger partial charge >= 0.3 is 6.36 Å². The van der Waals surface area contributed by atoms with E-state index in [1.165, 1.54) is 25.0 Å². The Kier molecular flexibility index (Phi) is 6.15. The number of halogens is 3. The van der Waals surface area contributed by atoms with Crippen LogP contribution in [0.5, 0.6) is 5.75 Å². The quantitative estimate of drug-likeness (QED) is 0.740. The molecule has 1 unspecified atom stereocenters. The fraction of sp³-hybridized carbons (Fsp3) is 0.571. The number of benzene rings is 1. The molecule has 0 radical (unpaired) electrons. The zero-order chi connectivity index (χ0) is 14.3. The SMILES string of the molecule is CCCCCCC(N)c1ccc(OC(F)(F)F)cc1. The van der Waals surface area contributed by atoms with Crippen LogP contribution in [0.2, 0.25) is 0 Å². The minimum atomic E-state index is -4.65. The summed E-state index contributed by atoms with van der Waals surface area (Å²) >= 11 is 0. The summed E-state index contributed by atoms with van der Waals surface area (Å²) in [6.07, 6.45) is 0.725. The van der Waals surface area contributed by atoms with Crippen molar-refractivity contribution in [1.82, 2.24) is 0 Å². The molecule has 5 heteroatoms. The molecule has 0 saturated carbocycles. The van der Waals surface area contributed by atoms with Crippen molar-refractivity contribution in [2.75, 3.05) is 0 Å². The second-order valence-electron chi connectivity index (χ2n) is 4.57. The summed E-state index contributed by atoms with van der Waals surface area (Å²) in [6.45, 7) is 2.14. The third-order valence-electron chi connectivity index (χ3n) is 2.91. The molecule has 0 saturated heterocycles. The van der Waals surface area contributed by atoms with Crippen LogP contribution in [0.4, 0.5) is 13.2 Å². The second kappa shape index (κ2) is 7.38. The maximum atomic E-state index is 12.0. The van der Waals surface area contributed by atoms with Crippen LogP contribution in [0.3, 0.4) is 0 Å². The Morgan fingerprint density at radius 1 is 1.11 bits per heavy atom. The number of unbranched alkanes of at least 4 members (excludes halogenated alkanes) is 3. The first-order valence-corrected chi connectivity index (χ1v) is 6.53. The summed E-state index contributed by atoms with van der Waals surface area (Å²) in [6, 6.07) is 5.65. The Hall–Kier alpha value is -1.23. The second-order valence-corrected chi connectivity index (χ2v) is 4.57. The molecule has 19 heavy (non-hydrogen) atoms.